The third kappa shape index (κ3) is 6.03. The fraction of sp³-hybridized carbons (Fsp3) is 0.257. The number of aromatic hydroxyl groups is 1. The molecule has 3 heterocycles. The van der Waals surface area contributed by atoms with E-state index in [2.05, 4.69) is 22.9 Å². The standard InChI is InChI=1S/C35H35N7O4/c1-3-17-39-33-27(21-37-39)11-8-12-28(33)22-38-23-31-41(40(18-4-2)35(46)36-20-26-9-6-5-7-10-26)24-32(44)42(31)30(34(38)45)19-25-13-15-29(43)16-14-25/h1,4-16,21,30-31,43H,2,17-20,22-24H2,(H,36,46)/t30-,31+/m0/s1. The number of phenols is 1. The maximum Gasteiger partial charge on any atom is 0.332 e. The Morgan fingerprint density at radius 2 is 1.87 bits per heavy atom. The number of nitrogens with zero attached hydrogens (tertiary/aromatic N) is 6. The normalized spacial score (nSPS) is 18.0. The maximum absolute atomic E-state index is 14.3. The highest BCUT2D eigenvalue weighted by Gasteiger charge is 2.52. The second kappa shape index (κ2) is 13.2. The molecule has 3 aromatic carbocycles. The number of aromatic nitrogens is 2. The van der Waals surface area contributed by atoms with Gasteiger partial charge in [0.05, 0.1) is 31.3 Å². The number of carbonyl (C=O) groups excluding carboxylic acids is 3. The summed E-state index contributed by atoms with van der Waals surface area (Å²) >= 11 is 0. The number of fused-ring (bicyclic) bond motifs is 2. The van der Waals surface area contributed by atoms with Gasteiger partial charge >= 0.3 is 6.03 Å². The van der Waals surface area contributed by atoms with Gasteiger partial charge in [0, 0.05) is 24.9 Å². The number of terminal acetylenes is 1. The van der Waals surface area contributed by atoms with E-state index in [9.17, 15) is 19.5 Å². The molecule has 0 radical (unpaired) electrons. The molecule has 2 aliphatic heterocycles. The zero-order valence-electron chi connectivity index (χ0n) is 25.3. The molecule has 46 heavy (non-hydrogen) atoms. The van der Waals surface area contributed by atoms with Crippen molar-refractivity contribution in [2.45, 2.75) is 38.3 Å². The number of rotatable bonds is 10. The van der Waals surface area contributed by atoms with Crippen LogP contribution in [0.1, 0.15) is 16.7 Å². The fourth-order valence-corrected chi connectivity index (χ4v) is 6.30. The van der Waals surface area contributed by atoms with E-state index in [-0.39, 0.29) is 62.7 Å². The first-order chi connectivity index (χ1) is 22.4. The molecule has 11 heteroatoms. The number of hydrazine groups is 1. The van der Waals surface area contributed by atoms with Gasteiger partial charge < -0.3 is 20.2 Å². The lowest BCUT2D eigenvalue weighted by Gasteiger charge is -2.46. The second-order valence-corrected chi connectivity index (χ2v) is 11.4. The number of phenolic OH excluding ortho intramolecular Hbond substituents is 1. The Balaban J connectivity index is 1.33. The van der Waals surface area contributed by atoms with Crippen LogP contribution in [0.3, 0.4) is 0 Å². The van der Waals surface area contributed by atoms with Crippen molar-refractivity contribution in [3.8, 4) is 18.1 Å². The van der Waals surface area contributed by atoms with Crippen LogP contribution in [0.25, 0.3) is 10.9 Å². The monoisotopic (exact) mass is 617 g/mol. The molecule has 0 spiro atoms. The maximum atomic E-state index is 14.3. The van der Waals surface area contributed by atoms with Gasteiger partial charge in [0.1, 0.15) is 24.5 Å². The molecule has 0 bridgehead atoms. The Labute approximate surface area is 267 Å². The summed E-state index contributed by atoms with van der Waals surface area (Å²) in [7, 11) is 0. The molecular weight excluding hydrogens is 582 g/mol. The summed E-state index contributed by atoms with van der Waals surface area (Å²) in [6.07, 6.45) is 8.61. The predicted octanol–water partition coefficient (Wildman–Crippen LogP) is 3.11. The lowest BCUT2D eigenvalue weighted by Crippen LogP contribution is -2.66. The number of hydrogen-bond acceptors (Lipinski definition) is 6. The Bertz CT molecular complexity index is 1800. The van der Waals surface area contributed by atoms with E-state index in [1.807, 2.05) is 48.5 Å². The van der Waals surface area contributed by atoms with E-state index in [1.165, 1.54) is 5.01 Å². The molecule has 11 nitrogen and oxygen atoms in total. The van der Waals surface area contributed by atoms with Crippen LogP contribution in [-0.2, 0) is 35.6 Å². The molecule has 1 aromatic heterocycles. The van der Waals surface area contributed by atoms with E-state index >= 15 is 0 Å². The molecule has 0 unspecified atom stereocenters. The van der Waals surface area contributed by atoms with Crippen molar-refractivity contribution in [2.24, 2.45) is 0 Å². The quantitative estimate of drug-likeness (QED) is 0.209. The van der Waals surface area contributed by atoms with Crippen molar-refractivity contribution in [3.05, 3.63) is 108 Å². The number of benzene rings is 3. The van der Waals surface area contributed by atoms with E-state index in [4.69, 9.17) is 6.42 Å². The van der Waals surface area contributed by atoms with Crippen molar-refractivity contribution in [1.29, 1.82) is 0 Å². The first-order valence-electron chi connectivity index (χ1n) is 15.1. The number of carbonyl (C=O) groups is 3. The Kier molecular flexibility index (Phi) is 8.72. The average molecular weight is 618 g/mol. The molecule has 2 N–H and O–H groups in total. The zero-order valence-corrected chi connectivity index (χ0v) is 25.3. The molecule has 0 aliphatic carbocycles. The minimum absolute atomic E-state index is 0.0744. The first kappa shape index (κ1) is 30.4. The largest absolute Gasteiger partial charge is 0.508 e. The van der Waals surface area contributed by atoms with Gasteiger partial charge in [-0.25, -0.2) is 4.79 Å². The van der Waals surface area contributed by atoms with Crippen molar-refractivity contribution in [2.75, 3.05) is 19.6 Å². The topological polar surface area (TPSA) is 114 Å². The highest BCUT2D eigenvalue weighted by Crippen LogP contribution is 2.31. The van der Waals surface area contributed by atoms with Crippen LogP contribution in [0.5, 0.6) is 5.75 Å². The second-order valence-electron chi connectivity index (χ2n) is 11.4. The average Bonchev–Trinajstić information content (AvgIpc) is 3.63. The molecule has 234 valence electrons. The summed E-state index contributed by atoms with van der Waals surface area (Å²) in [5.74, 6) is 2.29. The molecule has 2 saturated heterocycles. The van der Waals surface area contributed by atoms with Crippen molar-refractivity contribution < 1.29 is 19.5 Å². The SMILES string of the molecule is C#CCn1ncc2cccc(CN3C[C@H]4N(C(=O)CN4N(CC=C)C(=O)NCc4ccccc4)[C@@H](Cc4ccc(O)cc4)C3=O)c21. The molecule has 4 aromatic rings. The van der Waals surface area contributed by atoms with Gasteiger partial charge in [-0.1, -0.05) is 72.7 Å². The minimum atomic E-state index is -0.825. The molecular formula is C35H35N7O4. The zero-order chi connectivity index (χ0) is 32.2. The van der Waals surface area contributed by atoms with Gasteiger partial charge in [-0.3, -0.25) is 19.3 Å². The number of para-hydroxylation sites is 1. The smallest absolute Gasteiger partial charge is 0.332 e. The van der Waals surface area contributed by atoms with Crippen molar-refractivity contribution in [1.82, 2.24) is 34.9 Å². The van der Waals surface area contributed by atoms with Gasteiger partial charge in [0.25, 0.3) is 0 Å². The number of hydrogen-bond donors (Lipinski definition) is 2. The van der Waals surface area contributed by atoms with Gasteiger partial charge in [-0.2, -0.15) is 10.1 Å². The Morgan fingerprint density at radius 1 is 1.09 bits per heavy atom. The summed E-state index contributed by atoms with van der Waals surface area (Å²) in [5, 5.41) is 21.4. The van der Waals surface area contributed by atoms with Crippen LogP contribution < -0.4 is 5.32 Å². The molecule has 2 fully saturated rings. The molecule has 2 aliphatic rings. The third-order valence-corrected chi connectivity index (χ3v) is 8.41. The van der Waals surface area contributed by atoms with E-state index in [0.717, 1.165) is 27.6 Å². The van der Waals surface area contributed by atoms with E-state index in [1.54, 1.807) is 56.0 Å². The van der Waals surface area contributed by atoms with Crippen LogP contribution in [0.15, 0.2) is 91.6 Å². The molecule has 2 atom stereocenters. The first-order valence-corrected chi connectivity index (χ1v) is 15.1. The van der Waals surface area contributed by atoms with Crippen LogP contribution in [0.4, 0.5) is 4.79 Å². The minimum Gasteiger partial charge on any atom is -0.508 e. The predicted molar refractivity (Wildman–Crippen MR) is 173 cm³/mol. The highest BCUT2D eigenvalue weighted by atomic mass is 16.3. The Hall–Kier alpha value is -5.60. The molecule has 4 amide bonds. The van der Waals surface area contributed by atoms with Crippen molar-refractivity contribution >= 4 is 28.7 Å². The van der Waals surface area contributed by atoms with Gasteiger partial charge in [-0.15, -0.1) is 13.0 Å². The van der Waals surface area contributed by atoms with Crippen molar-refractivity contribution in [3.63, 3.8) is 0 Å². The Morgan fingerprint density at radius 3 is 2.61 bits per heavy atom. The van der Waals surface area contributed by atoms with Crippen LogP contribution in [-0.4, -0.2) is 84.4 Å². The van der Waals surface area contributed by atoms with Crippen LogP contribution in [0, 0.1) is 12.3 Å². The number of amides is 4. The summed E-state index contributed by atoms with van der Waals surface area (Å²) < 4.78 is 1.74. The fourth-order valence-electron chi connectivity index (χ4n) is 6.30. The summed E-state index contributed by atoms with van der Waals surface area (Å²) in [6.45, 7) is 4.97. The number of nitrogens with one attached hydrogen (secondary N) is 1. The van der Waals surface area contributed by atoms with Gasteiger partial charge in [0.15, 0.2) is 0 Å². The van der Waals surface area contributed by atoms with Gasteiger partial charge in [-0.05, 0) is 28.8 Å². The lowest BCUT2D eigenvalue weighted by molar-refractivity contribution is -0.157. The third-order valence-electron chi connectivity index (χ3n) is 8.41. The summed E-state index contributed by atoms with van der Waals surface area (Å²) in [5.41, 5.74) is 3.45. The van der Waals surface area contributed by atoms with E-state index < -0.39 is 12.2 Å². The van der Waals surface area contributed by atoms with Crippen LogP contribution in [0.2, 0.25) is 0 Å². The summed E-state index contributed by atoms with van der Waals surface area (Å²) in [4.78, 5) is 44.9. The summed E-state index contributed by atoms with van der Waals surface area (Å²) in [6, 6.07) is 20.8. The van der Waals surface area contributed by atoms with Crippen LogP contribution >= 0.6 is 0 Å². The molecule has 6 rings (SSSR count). The lowest BCUT2D eigenvalue weighted by atomic mass is 9.99. The molecule has 0 saturated carbocycles. The highest BCUT2D eigenvalue weighted by molar-refractivity contribution is 5.92. The number of urea groups is 1. The van der Waals surface area contributed by atoms with E-state index in [0.29, 0.717) is 6.54 Å². The number of piperazine rings is 1. The van der Waals surface area contributed by atoms with Gasteiger partial charge in [0.2, 0.25) is 11.8 Å².